The van der Waals surface area contributed by atoms with Crippen LogP contribution in [0.3, 0.4) is 0 Å². The summed E-state index contributed by atoms with van der Waals surface area (Å²) in [6.07, 6.45) is 4.82. The minimum Gasteiger partial charge on any atom is -0.327 e. The number of hydrogen-bond donors (Lipinski definition) is 1. The summed E-state index contributed by atoms with van der Waals surface area (Å²) in [5.74, 6) is 1.07. The van der Waals surface area contributed by atoms with Gasteiger partial charge in [-0.25, -0.2) is 14.8 Å². The zero-order chi connectivity index (χ0) is 19.0. The first-order valence-corrected chi connectivity index (χ1v) is 9.30. The van der Waals surface area contributed by atoms with Gasteiger partial charge >= 0.3 is 6.03 Å². The van der Waals surface area contributed by atoms with E-state index in [1.807, 2.05) is 38.2 Å². The summed E-state index contributed by atoms with van der Waals surface area (Å²) in [6.45, 7) is 3.33. The van der Waals surface area contributed by atoms with Crippen LogP contribution in [0.25, 0.3) is 0 Å². The van der Waals surface area contributed by atoms with Crippen LogP contribution in [0.1, 0.15) is 47.1 Å². The Morgan fingerprint density at radius 3 is 2.59 bits per heavy atom. The third-order valence-corrected chi connectivity index (χ3v) is 5.05. The Morgan fingerprint density at radius 2 is 1.93 bits per heavy atom. The first-order chi connectivity index (χ1) is 13.0. The zero-order valence-electron chi connectivity index (χ0n) is 15.6. The lowest BCUT2D eigenvalue weighted by Crippen LogP contribution is -2.47. The Bertz CT molecular complexity index is 876. The van der Waals surface area contributed by atoms with Crippen molar-refractivity contribution < 1.29 is 9.59 Å². The minimum atomic E-state index is -0.226. The van der Waals surface area contributed by atoms with Crippen molar-refractivity contribution in [2.24, 2.45) is 0 Å². The predicted octanol–water partition coefficient (Wildman–Crippen LogP) is 3.18. The summed E-state index contributed by atoms with van der Waals surface area (Å²) in [5, 5.41) is 2.88. The molecule has 2 heterocycles. The molecular weight excluding hydrogens is 342 g/mol. The topological polar surface area (TPSA) is 78.4 Å². The van der Waals surface area contributed by atoms with Crippen molar-refractivity contribution in [3.05, 3.63) is 47.5 Å². The molecule has 1 aliphatic heterocycles. The van der Waals surface area contributed by atoms with Crippen LogP contribution in [0.5, 0.6) is 0 Å². The van der Waals surface area contributed by atoms with Gasteiger partial charge in [-0.1, -0.05) is 0 Å². The standard InChI is InChI=1S/C20H23N5O2/c1-13-17(12-21-18(22-13)14-4-5-14)19(26)23-15-6-8-16(9-7-15)25-11-3-10-24(2)20(25)27/h6-9,12,14H,3-5,10-11H2,1-2H3,(H,23,26). The Kier molecular flexibility index (Phi) is 4.51. The summed E-state index contributed by atoms with van der Waals surface area (Å²) in [6, 6.07) is 7.33. The average molecular weight is 365 g/mol. The van der Waals surface area contributed by atoms with Crippen molar-refractivity contribution in [1.29, 1.82) is 0 Å². The van der Waals surface area contributed by atoms with Crippen LogP contribution in [0, 0.1) is 6.92 Å². The molecule has 1 aromatic heterocycles. The fraction of sp³-hybridized carbons (Fsp3) is 0.400. The molecule has 7 heteroatoms. The van der Waals surface area contributed by atoms with Crippen LogP contribution in [0.2, 0.25) is 0 Å². The lowest BCUT2D eigenvalue weighted by molar-refractivity contribution is 0.102. The number of nitrogens with one attached hydrogen (secondary N) is 1. The molecule has 1 aromatic carbocycles. The number of carbonyl (C=O) groups excluding carboxylic acids is 2. The molecule has 0 bridgehead atoms. The molecule has 140 valence electrons. The summed E-state index contributed by atoms with van der Waals surface area (Å²) >= 11 is 0. The van der Waals surface area contributed by atoms with Gasteiger partial charge < -0.3 is 10.2 Å². The molecule has 0 atom stereocenters. The van der Waals surface area contributed by atoms with Crippen molar-refractivity contribution in [2.75, 3.05) is 30.4 Å². The number of benzene rings is 1. The van der Waals surface area contributed by atoms with E-state index >= 15 is 0 Å². The van der Waals surface area contributed by atoms with Gasteiger partial charge in [0.05, 0.1) is 11.3 Å². The largest absolute Gasteiger partial charge is 0.327 e. The van der Waals surface area contributed by atoms with E-state index in [0.717, 1.165) is 37.3 Å². The monoisotopic (exact) mass is 365 g/mol. The first-order valence-electron chi connectivity index (χ1n) is 9.30. The lowest BCUT2D eigenvalue weighted by Gasteiger charge is -2.33. The zero-order valence-corrected chi connectivity index (χ0v) is 15.6. The first kappa shape index (κ1) is 17.5. The van der Waals surface area contributed by atoms with Gasteiger partial charge in [0.2, 0.25) is 0 Å². The fourth-order valence-electron chi connectivity index (χ4n) is 3.27. The number of rotatable bonds is 4. The van der Waals surface area contributed by atoms with Gasteiger partial charge in [-0.3, -0.25) is 9.69 Å². The summed E-state index contributed by atoms with van der Waals surface area (Å²) in [7, 11) is 1.81. The van der Waals surface area contributed by atoms with E-state index in [0.29, 0.717) is 29.4 Å². The predicted molar refractivity (Wildman–Crippen MR) is 103 cm³/mol. The molecule has 4 rings (SSSR count). The highest BCUT2D eigenvalue weighted by atomic mass is 16.2. The van der Waals surface area contributed by atoms with Crippen molar-refractivity contribution in [2.45, 2.75) is 32.1 Å². The highest BCUT2D eigenvalue weighted by molar-refractivity contribution is 6.05. The van der Waals surface area contributed by atoms with Crippen LogP contribution < -0.4 is 10.2 Å². The number of urea groups is 1. The molecule has 1 N–H and O–H groups in total. The van der Waals surface area contributed by atoms with E-state index in [4.69, 9.17) is 0 Å². The Morgan fingerprint density at radius 1 is 1.19 bits per heavy atom. The molecule has 0 radical (unpaired) electrons. The number of aryl methyl sites for hydroxylation is 1. The number of amides is 3. The van der Waals surface area contributed by atoms with Gasteiger partial charge in [0.15, 0.2) is 0 Å². The second-order valence-electron chi connectivity index (χ2n) is 7.21. The highest BCUT2D eigenvalue weighted by Gasteiger charge is 2.27. The molecule has 2 aromatic rings. The molecule has 1 saturated heterocycles. The molecule has 1 saturated carbocycles. The van der Waals surface area contributed by atoms with E-state index in [1.165, 1.54) is 0 Å². The molecule has 7 nitrogen and oxygen atoms in total. The smallest absolute Gasteiger partial charge is 0.324 e. The summed E-state index contributed by atoms with van der Waals surface area (Å²) < 4.78 is 0. The molecular formula is C20H23N5O2. The second kappa shape index (κ2) is 6.98. The molecule has 3 amide bonds. The molecule has 2 aliphatic rings. The molecule has 0 unspecified atom stereocenters. The maximum Gasteiger partial charge on any atom is 0.324 e. The van der Waals surface area contributed by atoms with E-state index in [2.05, 4.69) is 15.3 Å². The van der Waals surface area contributed by atoms with E-state index in [1.54, 1.807) is 16.0 Å². The Labute approximate surface area is 158 Å². The minimum absolute atomic E-state index is 0.00145. The van der Waals surface area contributed by atoms with E-state index in [9.17, 15) is 9.59 Å². The van der Waals surface area contributed by atoms with Gasteiger partial charge in [-0.15, -0.1) is 0 Å². The van der Waals surface area contributed by atoms with Gasteiger partial charge in [0, 0.05) is 43.6 Å². The Balaban J connectivity index is 1.45. The Hall–Kier alpha value is -2.96. The number of carbonyl (C=O) groups is 2. The average Bonchev–Trinajstić information content (AvgIpc) is 3.50. The highest BCUT2D eigenvalue weighted by Crippen LogP contribution is 2.38. The number of hydrogen-bond acceptors (Lipinski definition) is 4. The van der Waals surface area contributed by atoms with Gasteiger partial charge in [0.25, 0.3) is 5.91 Å². The summed E-state index contributed by atoms with van der Waals surface area (Å²) in [5.41, 5.74) is 2.68. The normalized spacial score (nSPS) is 17.2. The van der Waals surface area contributed by atoms with Crippen LogP contribution in [-0.2, 0) is 0 Å². The lowest BCUT2D eigenvalue weighted by atomic mass is 10.2. The van der Waals surface area contributed by atoms with E-state index in [-0.39, 0.29) is 11.9 Å². The third kappa shape index (κ3) is 3.63. The fourth-order valence-corrected chi connectivity index (χ4v) is 3.27. The van der Waals surface area contributed by atoms with Gasteiger partial charge in [-0.05, 0) is 50.5 Å². The molecule has 0 spiro atoms. The van der Waals surface area contributed by atoms with Crippen LogP contribution in [0.15, 0.2) is 30.5 Å². The van der Waals surface area contributed by atoms with Crippen LogP contribution in [0.4, 0.5) is 16.2 Å². The van der Waals surface area contributed by atoms with Crippen molar-refractivity contribution in [1.82, 2.24) is 14.9 Å². The number of aromatic nitrogens is 2. The summed E-state index contributed by atoms with van der Waals surface area (Å²) in [4.78, 5) is 37.1. The van der Waals surface area contributed by atoms with Crippen molar-refractivity contribution >= 4 is 23.3 Å². The van der Waals surface area contributed by atoms with Crippen LogP contribution >= 0.6 is 0 Å². The quantitative estimate of drug-likeness (QED) is 0.903. The SMILES string of the molecule is Cc1nc(C2CC2)ncc1C(=O)Nc1ccc(N2CCCN(C)C2=O)cc1. The molecule has 1 aliphatic carbocycles. The second-order valence-corrected chi connectivity index (χ2v) is 7.21. The van der Waals surface area contributed by atoms with Crippen molar-refractivity contribution in [3.63, 3.8) is 0 Å². The molecule has 27 heavy (non-hydrogen) atoms. The number of anilines is 2. The van der Waals surface area contributed by atoms with E-state index < -0.39 is 0 Å². The maximum atomic E-state index is 12.6. The van der Waals surface area contributed by atoms with Crippen molar-refractivity contribution in [3.8, 4) is 0 Å². The third-order valence-electron chi connectivity index (χ3n) is 5.05. The molecule has 2 fully saturated rings. The van der Waals surface area contributed by atoms with Gasteiger partial charge in [0.1, 0.15) is 5.82 Å². The maximum absolute atomic E-state index is 12.6. The number of nitrogens with zero attached hydrogens (tertiary/aromatic N) is 4. The van der Waals surface area contributed by atoms with Crippen LogP contribution in [-0.4, -0.2) is 46.9 Å². The van der Waals surface area contributed by atoms with Gasteiger partial charge in [-0.2, -0.15) is 0 Å².